The van der Waals surface area contributed by atoms with E-state index in [9.17, 15) is 19.5 Å². The summed E-state index contributed by atoms with van der Waals surface area (Å²) in [5, 5.41) is 12.3. The van der Waals surface area contributed by atoms with Crippen molar-refractivity contribution in [3.05, 3.63) is 46.4 Å². The lowest BCUT2D eigenvalue weighted by Gasteiger charge is -2.37. The number of carboxylic acids is 1. The number of hydrogen-bond acceptors (Lipinski definition) is 4. The molecule has 0 unspecified atom stereocenters. The van der Waals surface area contributed by atoms with Crippen LogP contribution >= 0.6 is 0 Å². The number of carboxylic acid groups (broad SMARTS) is 1. The Morgan fingerprint density at radius 2 is 2.04 bits per heavy atom. The van der Waals surface area contributed by atoms with Gasteiger partial charge in [-0.15, -0.1) is 0 Å². The van der Waals surface area contributed by atoms with Gasteiger partial charge in [-0.05, 0) is 55.9 Å². The average molecular weight is 358 g/mol. The van der Waals surface area contributed by atoms with Crippen LogP contribution in [0.5, 0.6) is 0 Å². The molecule has 0 atom stereocenters. The number of carbonyl (C=O) groups excluding carboxylic acids is 1. The number of nitrogens with one attached hydrogen (secondary N) is 2. The lowest BCUT2D eigenvalue weighted by Crippen LogP contribution is -2.57. The predicted octanol–water partition coefficient (Wildman–Crippen LogP) is 2.79. The largest absolute Gasteiger partial charge is 0.480 e. The Labute approximate surface area is 150 Å². The number of aromatic amines is 1. The molecule has 1 aliphatic rings. The Bertz CT molecular complexity index is 845. The molecule has 1 saturated carbocycles. The van der Waals surface area contributed by atoms with Crippen molar-refractivity contribution in [1.29, 1.82) is 0 Å². The maximum Gasteiger partial charge on any atom is 0.329 e. The highest BCUT2D eigenvalue weighted by Gasteiger charge is 2.43. The molecule has 0 spiro atoms. The molecule has 7 nitrogen and oxygen atoms in total. The molecule has 7 heteroatoms. The topological polar surface area (TPSA) is 112 Å². The Kier molecular flexibility index (Phi) is 4.97. The summed E-state index contributed by atoms with van der Waals surface area (Å²) >= 11 is 0. The summed E-state index contributed by atoms with van der Waals surface area (Å²) in [6, 6.07) is 6.34. The number of hydrogen-bond donors (Lipinski definition) is 3. The van der Waals surface area contributed by atoms with Crippen molar-refractivity contribution in [2.24, 2.45) is 5.92 Å². The number of aromatic nitrogens is 1. The van der Waals surface area contributed by atoms with Gasteiger partial charge in [-0.2, -0.15) is 0 Å². The van der Waals surface area contributed by atoms with Crippen LogP contribution < -0.4 is 10.9 Å². The highest BCUT2D eigenvalue weighted by molar-refractivity contribution is 5.97. The SMILES string of the molecule is CCC1CCC(NC(=O)c2ccc(-c3ccco3)[nH]c2=O)(C(=O)O)CC1. The first-order valence-corrected chi connectivity index (χ1v) is 8.78. The maximum absolute atomic E-state index is 12.6. The molecule has 1 fully saturated rings. The van der Waals surface area contributed by atoms with Crippen LogP contribution in [0.15, 0.2) is 39.7 Å². The minimum atomic E-state index is -1.31. The van der Waals surface area contributed by atoms with E-state index < -0.39 is 23.0 Å². The fourth-order valence-electron chi connectivity index (χ4n) is 3.48. The molecule has 3 rings (SSSR count). The molecule has 0 aromatic carbocycles. The molecule has 1 aliphatic carbocycles. The molecule has 0 saturated heterocycles. The highest BCUT2D eigenvalue weighted by atomic mass is 16.4. The fourth-order valence-corrected chi connectivity index (χ4v) is 3.48. The van der Waals surface area contributed by atoms with E-state index in [1.54, 1.807) is 18.2 Å². The smallest absolute Gasteiger partial charge is 0.329 e. The summed E-state index contributed by atoms with van der Waals surface area (Å²) in [6.45, 7) is 2.08. The Hall–Kier alpha value is -2.83. The number of furan rings is 1. The number of amides is 1. The molecule has 26 heavy (non-hydrogen) atoms. The Morgan fingerprint density at radius 3 is 2.58 bits per heavy atom. The molecular formula is C19H22N2O5. The maximum atomic E-state index is 12.6. The zero-order valence-electron chi connectivity index (χ0n) is 14.6. The van der Waals surface area contributed by atoms with Gasteiger partial charge in [0.1, 0.15) is 16.9 Å². The summed E-state index contributed by atoms with van der Waals surface area (Å²) < 4.78 is 5.22. The fraction of sp³-hybridized carbons (Fsp3) is 0.421. The third-order valence-electron chi connectivity index (χ3n) is 5.24. The van der Waals surface area contributed by atoms with Gasteiger partial charge in [0.05, 0.1) is 12.0 Å². The zero-order valence-corrected chi connectivity index (χ0v) is 14.6. The molecule has 0 bridgehead atoms. The van der Waals surface area contributed by atoms with Crippen molar-refractivity contribution in [2.75, 3.05) is 0 Å². The van der Waals surface area contributed by atoms with Crippen LogP contribution in [-0.2, 0) is 4.79 Å². The van der Waals surface area contributed by atoms with E-state index >= 15 is 0 Å². The van der Waals surface area contributed by atoms with E-state index in [4.69, 9.17) is 4.42 Å². The number of rotatable bonds is 5. The van der Waals surface area contributed by atoms with Gasteiger partial charge < -0.3 is 19.8 Å². The quantitative estimate of drug-likeness (QED) is 0.761. The van der Waals surface area contributed by atoms with Crippen LogP contribution in [0.25, 0.3) is 11.5 Å². The molecule has 138 valence electrons. The second-order valence-electron chi connectivity index (χ2n) is 6.79. The van der Waals surface area contributed by atoms with Gasteiger partial charge in [0.15, 0.2) is 0 Å². The summed E-state index contributed by atoms with van der Waals surface area (Å²) in [4.78, 5) is 39.3. The second kappa shape index (κ2) is 7.19. The van der Waals surface area contributed by atoms with E-state index in [1.807, 2.05) is 0 Å². The van der Waals surface area contributed by atoms with Crippen LogP contribution in [0, 0.1) is 5.92 Å². The molecule has 2 aromatic heterocycles. The lowest BCUT2D eigenvalue weighted by atomic mass is 9.75. The van der Waals surface area contributed by atoms with E-state index in [0.29, 0.717) is 30.2 Å². The molecule has 0 aliphatic heterocycles. The van der Waals surface area contributed by atoms with Gasteiger partial charge in [-0.1, -0.05) is 13.3 Å². The zero-order chi connectivity index (χ0) is 18.7. The number of pyridine rings is 1. The first kappa shape index (κ1) is 18.0. The highest BCUT2D eigenvalue weighted by Crippen LogP contribution is 2.34. The van der Waals surface area contributed by atoms with Crippen molar-refractivity contribution < 1.29 is 19.1 Å². The molecule has 2 aromatic rings. The first-order valence-electron chi connectivity index (χ1n) is 8.78. The van der Waals surface area contributed by atoms with Crippen LogP contribution in [0.4, 0.5) is 0 Å². The van der Waals surface area contributed by atoms with E-state index in [1.165, 1.54) is 12.3 Å². The van der Waals surface area contributed by atoms with Crippen molar-refractivity contribution >= 4 is 11.9 Å². The van der Waals surface area contributed by atoms with Crippen molar-refractivity contribution in [2.45, 2.75) is 44.6 Å². The molecule has 1 amide bonds. The Balaban J connectivity index is 1.80. The van der Waals surface area contributed by atoms with Crippen LogP contribution in [0.3, 0.4) is 0 Å². The predicted molar refractivity (Wildman–Crippen MR) is 94.8 cm³/mol. The van der Waals surface area contributed by atoms with Gasteiger partial charge in [-0.25, -0.2) is 4.79 Å². The standard InChI is InChI=1S/C19H22N2O5/c1-2-12-7-9-19(10-8-12,18(24)25)21-17(23)13-5-6-14(20-16(13)22)15-4-3-11-26-15/h3-6,11-12H,2,7-10H2,1H3,(H,20,22)(H,21,23)(H,24,25). The minimum Gasteiger partial charge on any atom is -0.480 e. The van der Waals surface area contributed by atoms with Crippen molar-refractivity contribution in [3.8, 4) is 11.5 Å². The normalized spacial score (nSPS) is 22.7. The molecular weight excluding hydrogens is 336 g/mol. The monoisotopic (exact) mass is 358 g/mol. The van der Waals surface area contributed by atoms with Gasteiger partial charge in [0.2, 0.25) is 0 Å². The van der Waals surface area contributed by atoms with E-state index in [0.717, 1.165) is 19.3 Å². The Morgan fingerprint density at radius 1 is 1.31 bits per heavy atom. The van der Waals surface area contributed by atoms with Gasteiger partial charge >= 0.3 is 5.97 Å². The molecule has 0 radical (unpaired) electrons. The summed E-state index contributed by atoms with van der Waals surface area (Å²) in [5.41, 5.74) is -1.56. The summed E-state index contributed by atoms with van der Waals surface area (Å²) in [5.74, 6) is -0.761. The van der Waals surface area contributed by atoms with Crippen molar-refractivity contribution in [3.63, 3.8) is 0 Å². The van der Waals surface area contributed by atoms with Gasteiger partial charge in [-0.3, -0.25) is 9.59 Å². The van der Waals surface area contributed by atoms with E-state index in [2.05, 4.69) is 17.2 Å². The third kappa shape index (κ3) is 3.42. The third-order valence-corrected chi connectivity index (χ3v) is 5.24. The number of H-pyrrole nitrogens is 1. The second-order valence-corrected chi connectivity index (χ2v) is 6.79. The molecule has 3 N–H and O–H groups in total. The van der Waals surface area contributed by atoms with Gasteiger partial charge in [0, 0.05) is 0 Å². The minimum absolute atomic E-state index is 0.112. The van der Waals surface area contributed by atoms with Crippen LogP contribution in [0.1, 0.15) is 49.4 Å². The number of carbonyl (C=O) groups is 2. The van der Waals surface area contributed by atoms with Crippen LogP contribution in [0.2, 0.25) is 0 Å². The van der Waals surface area contributed by atoms with Crippen LogP contribution in [-0.4, -0.2) is 27.5 Å². The van der Waals surface area contributed by atoms with E-state index in [-0.39, 0.29) is 5.56 Å². The first-order chi connectivity index (χ1) is 12.4. The average Bonchev–Trinajstić information content (AvgIpc) is 3.16. The number of aliphatic carboxylic acids is 1. The summed E-state index contributed by atoms with van der Waals surface area (Å²) in [7, 11) is 0. The lowest BCUT2D eigenvalue weighted by molar-refractivity contribution is -0.146. The summed E-state index contributed by atoms with van der Waals surface area (Å²) in [6.07, 6.45) is 4.72. The van der Waals surface area contributed by atoms with Gasteiger partial charge in [0.25, 0.3) is 11.5 Å². The molecule has 2 heterocycles. The van der Waals surface area contributed by atoms with Crippen molar-refractivity contribution in [1.82, 2.24) is 10.3 Å².